The molecule has 0 aliphatic heterocycles. The zero-order valence-corrected chi connectivity index (χ0v) is 73.7. The summed E-state index contributed by atoms with van der Waals surface area (Å²) in [5.41, 5.74) is 7.44. The fraction of sp³-hybridized carbons (Fsp3) is 0.448. The van der Waals surface area contributed by atoms with Crippen LogP contribution in [0.25, 0.3) is 11.3 Å². The summed E-state index contributed by atoms with van der Waals surface area (Å²) in [5.74, 6) is 5.19. The molecule has 14 heteroatoms. The molecule has 0 aliphatic rings. The number of aromatic amines is 1. The summed E-state index contributed by atoms with van der Waals surface area (Å²) in [7, 11) is 0. The summed E-state index contributed by atoms with van der Waals surface area (Å²) < 4.78 is 88.4. The van der Waals surface area contributed by atoms with Gasteiger partial charge in [-0.25, -0.2) is 4.98 Å². The maximum absolute atomic E-state index is 12.8. The fourth-order valence-corrected chi connectivity index (χ4v) is 12.1. The maximum Gasteiger partial charge on any atom is 0.416 e. The molecular formula is C96H129BrClF6N3O2S. The number of unbranched alkanes of at least 4 members (excludes halogenated alkanes) is 3. The number of nitrogens with one attached hydrogen (secondary N) is 1. The highest BCUT2D eigenvalue weighted by atomic mass is 79.9. The second-order valence-corrected chi connectivity index (χ2v) is 37.3. The predicted molar refractivity (Wildman–Crippen MR) is 467 cm³/mol. The van der Waals surface area contributed by atoms with Crippen LogP contribution >= 0.6 is 39.3 Å². The molecule has 0 aliphatic carbocycles. The lowest BCUT2D eigenvalue weighted by Gasteiger charge is -2.26. The third kappa shape index (κ3) is 37.9. The topological polar surface area (TPSA) is 54.3 Å². The third-order valence-corrected chi connectivity index (χ3v) is 18.6. The molecule has 0 atom stereocenters. The van der Waals surface area contributed by atoms with Gasteiger partial charge in [0.2, 0.25) is 0 Å². The van der Waals surface area contributed by atoms with E-state index < -0.39 is 28.9 Å². The van der Waals surface area contributed by atoms with E-state index in [0.717, 1.165) is 57.7 Å². The number of furan rings is 1. The van der Waals surface area contributed by atoms with E-state index in [1.54, 1.807) is 0 Å². The third-order valence-electron chi connectivity index (χ3n) is 17.2. The van der Waals surface area contributed by atoms with Gasteiger partial charge in [-0.05, 0) is 185 Å². The van der Waals surface area contributed by atoms with Gasteiger partial charge in [-0.2, -0.15) is 38.1 Å². The second-order valence-electron chi connectivity index (χ2n) is 35.0. The van der Waals surface area contributed by atoms with Crippen LogP contribution in [0, 0.1) is 10.8 Å². The molecule has 0 amide bonds. The first kappa shape index (κ1) is 97.0. The first-order chi connectivity index (χ1) is 51.0. The minimum atomic E-state index is -4.80. The Hall–Kier alpha value is -7.19. The van der Waals surface area contributed by atoms with Crippen LogP contribution in [-0.4, -0.2) is 22.0 Å². The van der Waals surface area contributed by atoms with Gasteiger partial charge in [0.05, 0.1) is 16.8 Å². The summed E-state index contributed by atoms with van der Waals surface area (Å²) in [6.45, 7) is 49.4. The molecule has 2 heterocycles. The van der Waals surface area contributed by atoms with Crippen molar-refractivity contribution in [3.05, 3.63) is 279 Å². The summed E-state index contributed by atoms with van der Waals surface area (Å²) in [6, 6.07) is 62.4. The number of thioether (sulfide) groups is 1. The van der Waals surface area contributed by atoms with Crippen LogP contribution in [0.15, 0.2) is 227 Å². The highest BCUT2D eigenvalue weighted by molar-refractivity contribution is 9.10. The molecule has 0 saturated heterocycles. The van der Waals surface area contributed by atoms with Crippen molar-refractivity contribution in [3.63, 3.8) is 0 Å². The lowest BCUT2D eigenvalue weighted by molar-refractivity contribution is -0.143. The van der Waals surface area contributed by atoms with Crippen LogP contribution < -0.4 is 9.64 Å². The van der Waals surface area contributed by atoms with E-state index in [-0.39, 0.29) is 33.3 Å². The predicted octanol–water partition coefficient (Wildman–Crippen LogP) is 32.3. The van der Waals surface area contributed by atoms with Crippen molar-refractivity contribution in [2.75, 3.05) is 16.9 Å². The Bertz CT molecular complexity index is 4040. The molecule has 9 rings (SSSR count). The molecule has 0 unspecified atom stereocenters. The quantitative estimate of drug-likeness (QED) is 0.0559. The lowest BCUT2D eigenvalue weighted by atomic mass is 9.83. The molecule has 0 fully saturated rings. The number of rotatable bonds is 17. The number of benzene rings is 7. The van der Waals surface area contributed by atoms with Crippen molar-refractivity contribution < 1.29 is 35.5 Å². The largest absolute Gasteiger partial charge is 0.489 e. The average Bonchev–Trinajstić information content (AvgIpc) is 0.996. The second kappa shape index (κ2) is 44.9. The van der Waals surface area contributed by atoms with E-state index in [2.05, 4.69) is 326 Å². The molecule has 602 valence electrons. The number of hydrogen-bond acceptors (Lipinski definition) is 5. The average molecular weight is 1620 g/mol. The van der Waals surface area contributed by atoms with Gasteiger partial charge >= 0.3 is 12.4 Å². The number of ether oxygens (including phenoxy) is 1. The molecule has 2 aromatic heterocycles. The van der Waals surface area contributed by atoms with Crippen LogP contribution in [0.4, 0.5) is 43.4 Å². The van der Waals surface area contributed by atoms with Gasteiger partial charge in [0.15, 0.2) is 5.15 Å². The number of aryl methyl sites for hydroxylation is 1. The Balaban J connectivity index is 0.000000338. The minimum Gasteiger partial charge on any atom is -0.489 e. The van der Waals surface area contributed by atoms with Gasteiger partial charge in [-0.1, -0.05) is 326 Å². The Morgan fingerprint density at radius 2 is 1.04 bits per heavy atom. The number of para-hydroxylation sites is 2. The number of imidazole rings is 1. The van der Waals surface area contributed by atoms with Gasteiger partial charge in [-0.15, -0.1) is 0 Å². The minimum absolute atomic E-state index is 0.0501. The molecule has 9 aromatic rings. The molecule has 110 heavy (non-hydrogen) atoms. The van der Waals surface area contributed by atoms with E-state index in [9.17, 15) is 26.3 Å². The van der Waals surface area contributed by atoms with Crippen molar-refractivity contribution in [1.29, 1.82) is 0 Å². The number of aromatic nitrogens is 2. The van der Waals surface area contributed by atoms with E-state index >= 15 is 0 Å². The number of halogens is 8. The highest BCUT2D eigenvalue weighted by Gasteiger charge is 2.40. The highest BCUT2D eigenvalue weighted by Crippen LogP contribution is 2.42. The summed E-state index contributed by atoms with van der Waals surface area (Å²) >= 11 is 11.4. The number of allylic oxidation sites excluding steroid dienone is 4. The van der Waals surface area contributed by atoms with E-state index in [1.807, 2.05) is 61.2 Å². The number of anilines is 3. The van der Waals surface area contributed by atoms with Crippen LogP contribution in [0.3, 0.4) is 0 Å². The van der Waals surface area contributed by atoms with Crippen molar-refractivity contribution in [3.8, 4) is 17.1 Å². The first-order valence-corrected chi connectivity index (χ1v) is 41.0. The van der Waals surface area contributed by atoms with Gasteiger partial charge in [0, 0.05) is 44.3 Å². The Kier molecular flexibility index (Phi) is 39.6. The Morgan fingerprint density at radius 3 is 1.47 bits per heavy atom. The smallest absolute Gasteiger partial charge is 0.416 e. The fourth-order valence-electron chi connectivity index (χ4n) is 10.6. The molecule has 7 aromatic carbocycles. The lowest BCUT2D eigenvalue weighted by Crippen LogP contribution is -2.21. The normalized spacial score (nSPS) is 12.1. The summed E-state index contributed by atoms with van der Waals surface area (Å²) in [5, 5.41) is 0.628. The monoisotopic (exact) mass is 1620 g/mol. The van der Waals surface area contributed by atoms with Gasteiger partial charge in [0.1, 0.15) is 29.7 Å². The SMILES string of the molecule is C/C=C/C=C/CCCCC(C)(C)C.CC(C)(C)c1ccc(-c2ccc(Br)cc2)o1.CC(C)(C)c1ccc(C(F)(F)F)cc1C(F)(F)F.CC(C)(C)c1ccc(N(c2ccccc2)c2ccccc2)cc1.CC(C)(C)c1cccc(OCc2ccccc2)c1.CCCCc1nc(Cl)c(C(C)(C)C)[nH]1.CSCCC(C)(C)C. The van der Waals surface area contributed by atoms with Crippen LogP contribution in [0.1, 0.15) is 255 Å². The van der Waals surface area contributed by atoms with E-state index in [0.29, 0.717) is 28.7 Å². The number of H-pyrrole nitrogens is 1. The van der Waals surface area contributed by atoms with Gasteiger partial charge in [-0.3, -0.25) is 0 Å². The summed E-state index contributed by atoms with van der Waals surface area (Å²) in [6.07, 6.45) is 11.0. The zero-order chi connectivity index (χ0) is 83.0. The van der Waals surface area contributed by atoms with E-state index in [4.69, 9.17) is 20.8 Å². The van der Waals surface area contributed by atoms with E-state index in [1.165, 1.54) is 98.8 Å². The van der Waals surface area contributed by atoms with Crippen LogP contribution in [0.5, 0.6) is 5.75 Å². The Labute approximate surface area is 677 Å². The molecule has 1 N–H and O–H groups in total. The standard InChI is InChI=1S/C22H23N.C17H20O.C14H15BrO.C13H24.C12H12F6.C11H19ClN2.C7H16S/c1-22(2,3)18-14-16-21(17-15-18)23(19-10-6-4-7-11-19)20-12-8-5-9-13-20;1-17(2,3)15-10-7-11-16(12-15)18-13-14-8-5-4-6-9-14;1-14(2,3)13-9-8-12(16-13)10-4-6-11(15)7-5-10;1-5-6-7-8-9-10-11-12-13(2,3)4;1-10(2,3)8-5-4-7(11(13,14)15)6-9(8)12(16,17)18;1-5-6-7-8-13-9(10(12)14-8)11(2,3)4;1-7(2,3)5-6-8-4/h4-17H,1-3H3;4-12H,13H2,1-3H3;4-9H,1-3H3;5-8H,9-12H2,1-4H3;4-6H,1-3H3;5-7H2,1-4H3,(H,13,14);5-6H2,1-4H3/b;;;6-5+,8-7+;;;. The molecule has 0 spiro atoms. The van der Waals surface area contributed by atoms with Crippen molar-refractivity contribution in [1.82, 2.24) is 9.97 Å². The molecule has 5 nitrogen and oxygen atoms in total. The molecule has 0 saturated carbocycles. The molecule has 0 bridgehead atoms. The zero-order valence-electron chi connectivity index (χ0n) is 70.5. The van der Waals surface area contributed by atoms with Crippen molar-refractivity contribution >= 4 is 56.4 Å². The van der Waals surface area contributed by atoms with Gasteiger partial charge in [0.25, 0.3) is 0 Å². The Morgan fingerprint density at radius 1 is 0.509 bits per heavy atom. The molecule has 0 radical (unpaired) electrons. The van der Waals surface area contributed by atoms with Crippen LogP contribution in [-0.2, 0) is 52.5 Å². The maximum atomic E-state index is 12.8. The summed E-state index contributed by atoms with van der Waals surface area (Å²) in [4.78, 5) is 9.92. The van der Waals surface area contributed by atoms with Crippen molar-refractivity contribution in [2.24, 2.45) is 10.8 Å². The number of hydrogen-bond donors (Lipinski definition) is 1. The number of nitrogens with zero attached hydrogens (tertiary/aromatic N) is 2. The molecular weight excluding hydrogens is 1490 g/mol. The van der Waals surface area contributed by atoms with Gasteiger partial charge < -0.3 is 19.0 Å². The number of alkyl halides is 6. The van der Waals surface area contributed by atoms with Crippen molar-refractivity contribution in [2.45, 2.75) is 257 Å². The van der Waals surface area contributed by atoms with Crippen LogP contribution in [0.2, 0.25) is 5.15 Å². The first-order valence-electron chi connectivity index (χ1n) is 38.4.